The number of amides is 1. The summed E-state index contributed by atoms with van der Waals surface area (Å²) in [7, 11) is 1.68. The molecule has 2 aromatic rings. The minimum absolute atomic E-state index is 0.000922. The van der Waals surface area contributed by atoms with Crippen LogP contribution >= 0.6 is 0 Å². The van der Waals surface area contributed by atoms with Crippen LogP contribution in [0.4, 0.5) is 0 Å². The molecule has 1 aromatic heterocycles. The van der Waals surface area contributed by atoms with Crippen molar-refractivity contribution in [3.8, 4) is 5.75 Å². The lowest BCUT2D eigenvalue weighted by molar-refractivity contribution is -0.122. The van der Waals surface area contributed by atoms with Crippen LogP contribution in [0.5, 0.6) is 5.75 Å². The van der Waals surface area contributed by atoms with E-state index in [1.807, 2.05) is 12.1 Å². The minimum atomic E-state index is -0.0419. The van der Waals surface area contributed by atoms with E-state index in [4.69, 9.17) is 4.74 Å². The molecule has 2 heterocycles. The van der Waals surface area contributed by atoms with Crippen LogP contribution in [0.1, 0.15) is 49.9 Å². The van der Waals surface area contributed by atoms with E-state index in [0.29, 0.717) is 13.1 Å². The van der Waals surface area contributed by atoms with Crippen LogP contribution in [-0.4, -0.2) is 57.8 Å². The molecule has 0 atom stereocenters. The Bertz CT molecular complexity index is 807. The Labute approximate surface area is 171 Å². The first-order valence-corrected chi connectivity index (χ1v) is 10.6. The number of benzene rings is 1. The third-order valence-electron chi connectivity index (χ3n) is 6.35. The lowest BCUT2D eigenvalue weighted by atomic mass is 9.78. The molecule has 1 amide bonds. The third-order valence-corrected chi connectivity index (χ3v) is 6.35. The second-order valence-corrected chi connectivity index (χ2v) is 8.23. The highest BCUT2D eigenvalue weighted by atomic mass is 16.5. The van der Waals surface area contributed by atoms with E-state index >= 15 is 0 Å². The van der Waals surface area contributed by atoms with Gasteiger partial charge in [0.15, 0.2) is 5.82 Å². The number of tetrazole rings is 1. The van der Waals surface area contributed by atoms with Crippen LogP contribution in [0.3, 0.4) is 0 Å². The van der Waals surface area contributed by atoms with Crippen molar-refractivity contribution in [2.24, 2.45) is 0 Å². The lowest BCUT2D eigenvalue weighted by Crippen LogP contribution is -2.40. The summed E-state index contributed by atoms with van der Waals surface area (Å²) >= 11 is 0. The van der Waals surface area contributed by atoms with Gasteiger partial charge in [0.1, 0.15) is 12.3 Å². The number of nitrogens with zero attached hydrogens (tertiary/aromatic N) is 5. The van der Waals surface area contributed by atoms with Crippen LogP contribution in [0.15, 0.2) is 24.3 Å². The number of aromatic nitrogens is 4. The van der Waals surface area contributed by atoms with Crippen LogP contribution in [0, 0.1) is 0 Å². The average Bonchev–Trinajstić information content (AvgIpc) is 3.51. The molecule has 1 saturated carbocycles. The van der Waals surface area contributed by atoms with E-state index in [9.17, 15) is 4.79 Å². The fourth-order valence-corrected chi connectivity index (χ4v) is 4.62. The molecule has 1 aromatic carbocycles. The molecular weight excluding hydrogens is 368 g/mol. The van der Waals surface area contributed by atoms with Gasteiger partial charge in [-0.25, -0.2) is 4.68 Å². The quantitative estimate of drug-likeness (QED) is 0.731. The number of rotatable bonds is 8. The molecule has 156 valence electrons. The number of likely N-dealkylation sites (tertiary alicyclic amines) is 1. The van der Waals surface area contributed by atoms with Gasteiger partial charge in [0, 0.05) is 12.0 Å². The van der Waals surface area contributed by atoms with Crippen LogP contribution in [0.25, 0.3) is 0 Å². The maximum absolute atomic E-state index is 12.7. The molecule has 4 rings (SSSR count). The number of carbonyl (C=O) groups is 1. The van der Waals surface area contributed by atoms with Crippen molar-refractivity contribution in [3.05, 3.63) is 35.7 Å². The van der Waals surface area contributed by atoms with Crippen molar-refractivity contribution in [3.63, 3.8) is 0 Å². The Hall–Kier alpha value is -2.48. The standard InChI is InChI=1S/C21H30N6O2/c1-29-18-8-6-17(7-9-18)21(10-2-3-11-21)16-22-20(28)15-27-19(23-24-25-27)14-26-12-4-5-13-26/h6-9H,2-5,10-16H2,1H3,(H,22,28). The third kappa shape index (κ3) is 4.58. The summed E-state index contributed by atoms with van der Waals surface area (Å²) in [6.45, 7) is 3.65. The summed E-state index contributed by atoms with van der Waals surface area (Å²) in [5.41, 5.74) is 1.27. The summed E-state index contributed by atoms with van der Waals surface area (Å²) in [4.78, 5) is 15.0. The summed E-state index contributed by atoms with van der Waals surface area (Å²) < 4.78 is 6.91. The van der Waals surface area contributed by atoms with Crippen molar-refractivity contribution in [2.75, 3.05) is 26.7 Å². The summed E-state index contributed by atoms with van der Waals surface area (Å²) in [5, 5.41) is 15.1. The number of carbonyl (C=O) groups excluding carboxylic acids is 1. The van der Waals surface area contributed by atoms with Gasteiger partial charge in [-0.05, 0) is 66.9 Å². The zero-order chi connectivity index (χ0) is 20.1. The highest BCUT2D eigenvalue weighted by Crippen LogP contribution is 2.41. The van der Waals surface area contributed by atoms with E-state index in [1.54, 1.807) is 11.8 Å². The second-order valence-electron chi connectivity index (χ2n) is 8.23. The van der Waals surface area contributed by atoms with E-state index in [2.05, 4.69) is 37.9 Å². The predicted molar refractivity (Wildman–Crippen MR) is 108 cm³/mol. The van der Waals surface area contributed by atoms with Crippen molar-refractivity contribution in [2.45, 2.75) is 57.0 Å². The van der Waals surface area contributed by atoms with Crippen LogP contribution in [-0.2, 0) is 23.3 Å². The molecule has 0 unspecified atom stereocenters. The molecule has 0 spiro atoms. The number of hydrogen-bond acceptors (Lipinski definition) is 6. The molecule has 1 aliphatic carbocycles. The van der Waals surface area contributed by atoms with Gasteiger partial charge in [-0.15, -0.1) is 5.10 Å². The first-order chi connectivity index (χ1) is 14.2. The van der Waals surface area contributed by atoms with Crippen molar-refractivity contribution < 1.29 is 9.53 Å². The van der Waals surface area contributed by atoms with Gasteiger partial charge < -0.3 is 10.1 Å². The molecule has 29 heavy (non-hydrogen) atoms. The van der Waals surface area contributed by atoms with Gasteiger partial charge >= 0.3 is 0 Å². The highest BCUT2D eigenvalue weighted by Gasteiger charge is 2.36. The van der Waals surface area contributed by atoms with Gasteiger partial charge in [0.25, 0.3) is 0 Å². The molecule has 0 radical (unpaired) electrons. The first-order valence-electron chi connectivity index (χ1n) is 10.6. The van der Waals surface area contributed by atoms with Gasteiger partial charge in [-0.1, -0.05) is 25.0 Å². The van der Waals surface area contributed by atoms with E-state index in [-0.39, 0.29) is 17.9 Å². The monoisotopic (exact) mass is 398 g/mol. The van der Waals surface area contributed by atoms with Gasteiger partial charge in [-0.2, -0.15) is 0 Å². The highest BCUT2D eigenvalue weighted by molar-refractivity contribution is 5.75. The summed E-state index contributed by atoms with van der Waals surface area (Å²) in [6, 6.07) is 8.27. The van der Waals surface area contributed by atoms with Crippen LogP contribution < -0.4 is 10.1 Å². The normalized spacial score (nSPS) is 18.8. The maximum atomic E-state index is 12.7. The fourth-order valence-electron chi connectivity index (χ4n) is 4.62. The second kappa shape index (κ2) is 8.90. The predicted octanol–water partition coefficient (Wildman–Crippen LogP) is 1.91. The molecule has 2 aliphatic rings. The maximum Gasteiger partial charge on any atom is 0.241 e. The average molecular weight is 399 g/mol. The molecule has 0 bridgehead atoms. The largest absolute Gasteiger partial charge is 0.497 e. The van der Waals surface area contributed by atoms with E-state index in [0.717, 1.165) is 37.5 Å². The molecule has 2 fully saturated rings. The molecule has 8 heteroatoms. The molecular formula is C21H30N6O2. The van der Waals surface area contributed by atoms with Gasteiger partial charge in [-0.3, -0.25) is 9.69 Å². The Kier molecular flexibility index (Phi) is 6.08. The van der Waals surface area contributed by atoms with Crippen LogP contribution in [0.2, 0.25) is 0 Å². The Morgan fingerprint density at radius 2 is 1.86 bits per heavy atom. The van der Waals surface area contributed by atoms with E-state index < -0.39 is 0 Å². The van der Waals surface area contributed by atoms with E-state index in [1.165, 1.54) is 31.2 Å². The summed E-state index contributed by atoms with van der Waals surface area (Å²) in [6.07, 6.45) is 6.99. The molecule has 1 N–H and O–H groups in total. The Balaban J connectivity index is 1.37. The van der Waals surface area contributed by atoms with Gasteiger partial charge in [0.2, 0.25) is 5.91 Å². The zero-order valence-electron chi connectivity index (χ0n) is 17.1. The lowest BCUT2D eigenvalue weighted by Gasteiger charge is -2.30. The van der Waals surface area contributed by atoms with Crippen molar-refractivity contribution in [1.29, 1.82) is 0 Å². The molecule has 1 saturated heterocycles. The topological polar surface area (TPSA) is 85.2 Å². The van der Waals surface area contributed by atoms with Gasteiger partial charge in [0.05, 0.1) is 13.7 Å². The SMILES string of the molecule is COc1ccc(C2(CNC(=O)Cn3nnnc3CN3CCCC3)CCCC2)cc1. The number of ether oxygens (including phenoxy) is 1. The van der Waals surface area contributed by atoms with Crippen molar-refractivity contribution in [1.82, 2.24) is 30.4 Å². The fraction of sp³-hybridized carbons (Fsp3) is 0.619. The molecule has 8 nitrogen and oxygen atoms in total. The van der Waals surface area contributed by atoms with Crippen molar-refractivity contribution >= 4 is 5.91 Å². The zero-order valence-corrected chi connectivity index (χ0v) is 17.1. The Morgan fingerprint density at radius 3 is 2.55 bits per heavy atom. The minimum Gasteiger partial charge on any atom is -0.497 e. The number of hydrogen-bond donors (Lipinski definition) is 1. The number of methoxy groups -OCH3 is 1. The smallest absolute Gasteiger partial charge is 0.241 e. The molecule has 1 aliphatic heterocycles. The summed E-state index contributed by atoms with van der Waals surface area (Å²) in [5.74, 6) is 1.57. The number of nitrogens with one attached hydrogen (secondary N) is 1. The first kappa shape index (κ1) is 19.8. The Morgan fingerprint density at radius 1 is 1.14 bits per heavy atom.